The van der Waals surface area contributed by atoms with Crippen molar-refractivity contribution in [2.45, 2.75) is 24.8 Å². The number of likely N-dealkylation sites (N-methyl/N-ethyl adjacent to an activating group) is 1. The molecular formula is C12H19N3. The lowest BCUT2D eigenvalue weighted by molar-refractivity contribution is 0.0744. The highest BCUT2D eigenvalue weighted by atomic mass is 15.2. The SMILES string of the molecule is CN1CCCCC1(CN)c1ccccn1. The van der Waals surface area contributed by atoms with Crippen LogP contribution in [0.5, 0.6) is 0 Å². The lowest BCUT2D eigenvalue weighted by atomic mass is 9.83. The molecule has 0 bridgehead atoms. The van der Waals surface area contributed by atoms with Crippen LogP contribution in [-0.2, 0) is 5.54 Å². The third kappa shape index (κ3) is 1.77. The van der Waals surface area contributed by atoms with E-state index in [-0.39, 0.29) is 5.54 Å². The molecule has 0 amide bonds. The summed E-state index contributed by atoms with van der Waals surface area (Å²) in [5.74, 6) is 0. The summed E-state index contributed by atoms with van der Waals surface area (Å²) in [6, 6.07) is 6.09. The maximum Gasteiger partial charge on any atom is 0.0754 e. The summed E-state index contributed by atoms with van der Waals surface area (Å²) in [5, 5.41) is 0. The minimum absolute atomic E-state index is 0.0283. The molecule has 0 spiro atoms. The first-order chi connectivity index (χ1) is 7.29. The molecule has 1 saturated heterocycles. The third-order valence-corrected chi connectivity index (χ3v) is 3.54. The van der Waals surface area contributed by atoms with Crippen LogP contribution in [0.4, 0.5) is 0 Å². The Bertz CT molecular complexity index is 312. The smallest absolute Gasteiger partial charge is 0.0754 e. The van der Waals surface area contributed by atoms with Gasteiger partial charge in [-0.2, -0.15) is 0 Å². The molecule has 1 unspecified atom stereocenters. The molecule has 0 aromatic carbocycles. The molecule has 3 nitrogen and oxygen atoms in total. The molecule has 15 heavy (non-hydrogen) atoms. The minimum Gasteiger partial charge on any atom is -0.328 e. The van der Waals surface area contributed by atoms with E-state index in [0.29, 0.717) is 6.54 Å². The standard InChI is InChI=1S/C12H19N3/c1-15-9-5-3-7-12(15,10-13)11-6-2-4-8-14-11/h2,4,6,8H,3,5,7,9-10,13H2,1H3. The number of hydrogen-bond donors (Lipinski definition) is 1. The number of hydrogen-bond acceptors (Lipinski definition) is 3. The second kappa shape index (κ2) is 4.29. The number of nitrogens with zero attached hydrogens (tertiary/aromatic N) is 2. The minimum atomic E-state index is -0.0283. The van der Waals surface area contributed by atoms with Gasteiger partial charge in [0.25, 0.3) is 0 Å². The molecule has 0 aliphatic carbocycles. The van der Waals surface area contributed by atoms with E-state index in [1.54, 1.807) is 0 Å². The molecule has 1 aromatic rings. The van der Waals surface area contributed by atoms with E-state index < -0.39 is 0 Å². The third-order valence-electron chi connectivity index (χ3n) is 3.54. The molecule has 1 atom stereocenters. The Hall–Kier alpha value is -0.930. The number of piperidine rings is 1. The van der Waals surface area contributed by atoms with Crippen molar-refractivity contribution in [2.24, 2.45) is 5.73 Å². The van der Waals surface area contributed by atoms with E-state index in [1.165, 1.54) is 12.8 Å². The zero-order valence-electron chi connectivity index (χ0n) is 9.32. The summed E-state index contributed by atoms with van der Waals surface area (Å²) in [6.07, 6.45) is 5.50. The Morgan fingerprint density at radius 3 is 2.93 bits per heavy atom. The van der Waals surface area contributed by atoms with Gasteiger partial charge in [0.15, 0.2) is 0 Å². The summed E-state index contributed by atoms with van der Waals surface area (Å²) < 4.78 is 0. The maximum atomic E-state index is 5.98. The summed E-state index contributed by atoms with van der Waals surface area (Å²) >= 11 is 0. The Kier molecular flexibility index (Phi) is 3.03. The van der Waals surface area contributed by atoms with E-state index in [4.69, 9.17) is 5.73 Å². The van der Waals surface area contributed by atoms with Gasteiger partial charge in [0.05, 0.1) is 11.2 Å². The highest BCUT2D eigenvalue weighted by molar-refractivity contribution is 5.17. The van der Waals surface area contributed by atoms with Crippen molar-refractivity contribution in [2.75, 3.05) is 20.1 Å². The number of pyridine rings is 1. The molecule has 3 heteroatoms. The van der Waals surface area contributed by atoms with Crippen LogP contribution in [0.2, 0.25) is 0 Å². The lowest BCUT2D eigenvalue weighted by Gasteiger charge is -2.44. The summed E-state index contributed by atoms with van der Waals surface area (Å²) in [6.45, 7) is 1.77. The van der Waals surface area contributed by atoms with E-state index in [0.717, 1.165) is 18.7 Å². The zero-order chi connectivity index (χ0) is 10.7. The van der Waals surface area contributed by atoms with Gasteiger partial charge in [-0.15, -0.1) is 0 Å². The Morgan fingerprint density at radius 2 is 2.33 bits per heavy atom. The lowest BCUT2D eigenvalue weighted by Crippen LogP contribution is -2.52. The first-order valence-corrected chi connectivity index (χ1v) is 5.62. The van der Waals surface area contributed by atoms with Gasteiger partial charge in [-0.1, -0.05) is 6.07 Å². The molecule has 1 aliphatic heterocycles. The topological polar surface area (TPSA) is 42.1 Å². The van der Waals surface area contributed by atoms with Crippen molar-refractivity contribution < 1.29 is 0 Å². The molecule has 1 aromatic heterocycles. The van der Waals surface area contributed by atoms with E-state index in [2.05, 4.69) is 23.0 Å². The Labute approximate surface area is 91.3 Å². The predicted molar refractivity (Wildman–Crippen MR) is 61.5 cm³/mol. The average molecular weight is 205 g/mol. The molecular weight excluding hydrogens is 186 g/mol. The van der Waals surface area contributed by atoms with Crippen molar-refractivity contribution in [3.63, 3.8) is 0 Å². The van der Waals surface area contributed by atoms with Gasteiger partial charge in [-0.25, -0.2) is 0 Å². The highest BCUT2D eigenvalue weighted by Crippen LogP contribution is 2.34. The second-order valence-corrected chi connectivity index (χ2v) is 4.33. The van der Waals surface area contributed by atoms with Crippen LogP contribution < -0.4 is 5.73 Å². The van der Waals surface area contributed by atoms with Crippen molar-refractivity contribution in [1.82, 2.24) is 9.88 Å². The fraction of sp³-hybridized carbons (Fsp3) is 0.583. The molecule has 2 rings (SSSR count). The van der Waals surface area contributed by atoms with E-state index in [9.17, 15) is 0 Å². The predicted octanol–water partition coefficient (Wildman–Crippen LogP) is 1.35. The molecule has 1 fully saturated rings. The summed E-state index contributed by atoms with van der Waals surface area (Å²) in [4.78, 5) is 6.83. The largest absolute Gasteiger partial charge is 0.328 e. The number of aromatic nitrogens is 1. The van der Waals surface area contributed by atoms with Crippen LogP contribution in [0.15, 0.2) is 24.4 Å². The Morgan fingerprint density at radius 1 is 1.47 bits per heavy atom. The molecule has 2 heterocycles. The van der Waals surface area contributed by atoms with Gasteiger partial charge < -0.3 is 5.73 Å². The van der Waals surface area contributed by atoms with Crippen molar-refractivity contribution in [3.05, 3.63) is 30.1 Å². The first kappa shape index (κ1) is 10.6. The molecule has 1 aliphatic rings. The first-order valence-electron chi connectivity index (χ1n) is 5.62. The van der Waals surface area contributed by atoms with Crippen molar-refractivity contribution in [3.8, 4) is 0 Å². The van der Waals surface area contributed by atoms with Gasteiger partial charge in [-0.05, 0) is 45.0 Å². The van der Waals surface area contributed by atoms with Gasteiger partial charge in [0.1, 0.15) is 0 Å². The molecule has 82 valence electrons. The Balaban J connectivity index is 2.35. The molecule has 2 N–H and O–H groups in total. The van der Waals surface area contributed by atoms with Crippen LogP contribution in [0.1, 0.15) is 25.0 Å². The summed E-state index contributed by atoms with van der Waals surface area (Å²) in [5.41, 5.74) is 7.07. The highest BCUT2D eigenvalue weighted by Gasteiger charge is 2.37. The zero-order valence-corrected chi connectivity index (χ0v) is 9.32. The number of nitrogens with two attached hydrogens (primary N) is 1. The molecule has 0 radical (unpaired) electrons. The van der Waals surface area contributed by atoms with Crippen LogP contribution in [0.25, 0.3) is 0 Å². The van der Waals surface area contributed by atoms with Gasteiger partial charge in [0, 0.05) is 12.7 Å². The fourth-order valence-electron chi connectivity index (χ4n) is 2.50. The van der Waals surface area contributed by atoms with E-state index in [1.807, 2.05) is 18.3 Å². The second-order valence-electron chi connectivity index (χ2n) is 4.33. The average Bonchev–Trinajstić information content (AvgIpc) is 2.31. The van der Waals surface area contributed by atoms with E-state index >= 15 is 0 Å². The molecule has 0 saturated carbocycles. The van der Waals surface area contributed by atoms with Crippen LogP contribution in [-0.4, -0.2) is 30.0 Å². The van der Waals surface area contributed by atoms with Gasteiger partial charge >= 0.3 is 0 Å². The maximum absolute atomic E-state index is 5.98. The van der Waals surface area contributed by atoms with Crippen LogP contribution in [0, 0.1) is 0 Å². The number of likely N-dealkylation sites (tertiary alicyclic amines) is 1. The van der Waals surface area contributed by atoms with Crippen molar-refractivity contribution in [1.29, 1.82) is 0 Å². The normalized spacial score (nSPS) is 27.9. The monoisotopic (exact) mass is 205 g/mol. The quantitative estimate of drug-likeness (QED) is 0.792. The van der Waals surface area contributed by atoms with Gasteiger partial charge in [0.2, 0.25) is 0 Å². The van der Waals surface area contributed by atoms with Crippen LogP contribution >= 0.6 is 0 Å². The van der Waals surface area contributed by atoms with Crippen LogP contribution in [0.3, 0.4) is 0 Å². The van der Waals surface area contributed by atoms with Gasteiger partial charge in [-0.3, -0.25) is 9.88 Å². The fourth-order valence-corrected chi connectivity index (χ4v) is 2.50. The summed E-state index contributed by atoms with van der Waals surface area (Å²) in [7, 11) is 2.15. The number of rotatable bonds is 2. The van der Waals surface area contributed by atoms with Crippen molar-refractivity contribution >= 4 is 0 Å².